The second-order valence-electron chi connectivity index (χ2n) is 11.9. The number of rotatable bonds is 6. The molecule has 0 bridgehead atoms. The minimum atomic E-state index is -1.17. The average molecular weight is 728 g/mol. The van der Waals surface area contributed by atoms with E-state index in [0.29, 0.717) is 22.3 Å². The number of carbonyl (C=O) groups is 2. The molecule has 0 aliphatic carbocycles. The van der Waals surface area contributed by atoms with Crippen molar-refractivity contribution in [3.63, 3.8) is 0 Å². The van der Waals surface area contributed by atoms with Gasteiger partial charge in [-0.2, -0.15) is 0 Å². The molecule has 0 unspecified atom stereocenters. The molecule has 0 saturated carbocycles. The lowest BCUT2D eigenvalue weighted by Crippen LogP contribution is -2.30. The Morgan fingerprint density at radius 3 is 1.37 bits per heavy atom. The van der Waals surface area contributed by atoms with Crippen LogP contribution in [0.4, 0.5) is 0 Å². The van der Waals surface area contributed by atoms with E-state index in [2.05, 4.69) is 0 Å². The van der Waals surface area contributed by atoms with Crippen LogP contribution in [0.15, 0.2) is 60.7 Å². The molecule has 17 nitrogen and oxygen atoms in total. The summed E-state index contributed by atoms with van der Waals surface area (Å²) in [5.41, 5.74) is 6.79. The molecule has 0 radical (unpaired) electrons. The van der Waals surface area contributed by atoms with Crippen molar-refractivity contribution in [2.24, 2.45) is 5.73 Å². The summed E-state index contributed by atoms with van der Waals surface area (Å²) in [4.78, 5) is 19.9. The molecule has 4 aromatic carbocycles. The lowest BCUT2D eigenvalue weighted by Gasteiger charge is -2.31. The standard InChI is InChI=1S/2C15H14O6.C5H9NO4/c2*16-8-4-11(18)9-6-13(20)15(21-14(9)5-8)7-1-2-10(17)12(19)3-7;6-3(5(9)10)1-2-4(7)8/h2*1-5,13,15-20H,6H2;3H,1-2,6H2,(H,7,8)(H,9,10)/t2*13-,15+;3-/m000/s1. The van der Waals surface area contributed by atoms with E-state index in [1.807, 2.05) is 0 Å². The van der Waals surface area contributed by atoms with Crippen molar-refractivity contribution in [3.05, 3.63) is 82.9 Å². The molecule has 0 aromatic heterocycles. The maximum atomic E-state index is 10.2. The molecule has 5 atom stereocenters. The Morgan fingerprint density at radius 1 is 0.615 bits per heavy atom. The van der Waals surface area contributed by atoms with Crippen LogP contribution in [0.2, 0.25) is 0 Å². The maximum absolute atomic E-state index is 10.2. The van der Waals surface area contributed by atoms with E-state index in [9.17, 15) is 60.7 Å². The van der Waals surface area contributed by atoms with Crippen LogP contribution in [-0.2, 0) is 22.4 Å². The highest BCUT2D eigenvalue weighted by molar-refractivity contribution is 5.74. The Morgan fingerprint density at radius 2 is 1.02 bits per heavy atom. The summed E-state index contributed by atoms with van der Waals surface area (Å²) in [7, 11) is 0. The van der Waals surface area contributed by atoms with Crippen LogP contribution < -0.4 is 15.2 Å². The number of benzene rings is 4. The van der Waals surface area contributed by atoms with Gasteiger partial charge in [-0.05, 0) is 41.8 Å². The van der Waals surface area contributed by atoms with Gasteiger partial charge in [0.15, 0.2) is 23.0 Å². The molecule has 2 aliphatic rings. The SMILES string of the molecule is N[C@@H](CCC(=O)O)C(=O)O.Oc1cc(O)c2c(c1)O[C@H](c1ccc(O)c(O)c1)[C@@H](O)C2.Oc1cc(O)c2c(c1)O[C@H](c1ccc(O)c(O)c1)[C@@H](O)C2. The number of phenolic OH excluding ortho intramolecular Hbond substituents is 8. The lowest BCUT2D eigenvalue weighted by molar-refractivity contribution is -0.139. The Balaban J connectivity index is 0.000000187. The topological polar surface area (TPSA) is 321 Å². The zero-order chi connectivity index (χ0) is 38.4. The fourth-order valence-electron chi connectivity index (χ4n) is 5.33. The van der Waals surface area contributed by atoms with Crippen molar-refractivity contribution in [1.82, 2.24) is 0 Å². The van der Waals surface area contributed by atoms with Crippen molar-refractivity contribution in [2.45, 2.75) is 56.1 Å². The minimum Gasteiger partial charge on any atom is -0.508 e. The van der Waals surface area contributed by atoms with Crippen LogP contribution in [0.3, 0.4) is 0 Å². The molecule has 0 spiro atoms. The van der Waals surface area contributed by atoms with Crippen LogP contribution in [0, 0.1) is 0 Å². The Hall–Kier alpha value is -6.30. The second kappa shape index (κ2) is 16.2. The quantitative estimate of drug-likeness (QED) is 0.127. The molecule has 0 fully saturated rings. The summed E-state index contributed by atoms with van der Waals surface area (Å²) in [6, 6.07) is 12.3. The van der Waals surface area contributed by atoms with E-state index in [0.717, 1.165) is 0 Å². The number of carboxylic acids is 2. The van der Waals surface area contributed by atoms with E-state index in [-0.39, 0.29) is 83.2 Å². The number of hydrogen-bond acceptors (Lipinski definition) is 15. The van der Waals surface area contributed by atoms with Crippen LogP contribution in [-0.4, -0.2) is 91.5 Å². The first-order chi connectivity index (χ1) is 24.4. The van der Waals surface area contributed by atoms with Gasteiger partial charge in [-0.1, -0.05) is 12.1 Å². The van der Waals surface area contributed by atoms with Gasteiger partial charge in [-0.15, -0.1) is 0 Å². The second-order valence-corrected chi connectivity index (χ2v) is 11.9. The first kappa shape index (κ1) is 38.5. The number of aliphatic hydroxyl groups excluding tert-OH is 2. The highest BCUT2D eigenvalue weighted by Gasteiger charge is 2.33. The Bertz CT molecular complexity index is 1810. The molecule has 2 aliphatic heterocycles. The van der Waals surface area contributed by atoms with Gasteiger partial charge in [0.25, 0.3) is 0 Å². The van der Waals surface area contributed by atoms with E-state index < -0.39 is 42.4 Å². The molecular weight excluding hydrogens is 690 g/mol. The third-order valence-corrected chi connectivity index (χ3v) is 8.02. The molecule has 14 N–H and O–H groups in total. The summed E-state index contributed by atoms with van der Waals surface area (Å²) in [5, 5.41) is 113. The van der Waals surface area contributed by atoms with Crippen LogP contribution in [0.1, 0.15) is 47.3 Å². The molecule has 0 amide bonds. The third kappa shape index (κ3) is 9.27. The molecule has 0 saturated heterocycles. The Labute approximate surface area is 294 Å². The van der Waals surface area contributed by atoms with Gasteiger partial charge < -0.3 is 76.5 Å². The molecule has 6 rings (SSSR count). The molecule has 4 aromatic rings. The summed E-state index contributed by atoms with van der Waals surface area (Å²) in [5.74, 6) is -3.37. The van der Waals surface area contributed by atoms with Gasteiger partial charge in [0.2, 0.25) is 0 Å². The number of carboxylic acid groups (broad SMARTS) is 2. The number of ether oxygens (including phenoxy) is 2. The van der Waals surface area contributed by atoms with E-state index in [1.54, 1.807) is 0 Å². The number of fused-ring (bicyclic) bond motifs is 2. The van der Waals surface area contributed by atoms with Crippen molar-refractivity contribution in [3.8, 4) is 57.5 Å². The number of aliphatic carboxylic acids is 2. The summed E-state index contributed by atoms with van der Waals surface area (Å²) >= 11 is 0. The predicted octanol–water partition coefficient (Wildman–Crippen LogP) is 2.36. The normalized spacial score (nSPS) is 19.1. The zero-order valence-corrected chi connectivity index (χ0v) is 27.1. The van der Waals surface area contributed by atoms with Crippen molar-refractivity contribution in [2.75, 3.05) is 0 Å². The molecule has 2 heterocycles. The van der Waals surface area contributed by atoms with Crippen molar-refractivity contribution < 1.29 is 80.3 Å². The number of hydrogen-bond donors (Lipinski definition) is 13. The molecule has 278 valence electrons. The monoisotopic (exact) mass is 727 g/mol. The van der Waals surface area contributed by atoms with Crippen LogP contribution >= 0.6 is 0 Å². The summed E-state index contributed by atoms with van der Waals surface area (Å²) < 4.78 is 11.2. The molecule has 17 heteroatoms. The van der Waals surface area contributed by atoms with Crippen LogP contribution in [0.5, 0.6) is 57.5 Å². The fourth-order valence-corrected chi connectivity index (χ4v) is 5.33. The van der Waals surface area contributed by atoms with Gasteiger partial charge in [-0.25, -0.2) is 0 Å². The number of phenols is 8. The highest BCUT2D eigenvalue weighted by atomic mass is 16.5. The zero-order valence-electron chi connectivity index (χ0n) is 27.1. The number of nitrogens with two attached hydrogens (primary N) is 1. The fraction of sp³-hybridized carbons (Fsp3) is 0.257. The largest absolute Gasteiger partial charge is 0.508 e. The van der Waals surface area contributed by atoms with Crippen LogP contribution in [0.25, 0.3) is 0 Å². The summed E-state index contributed by atoms with van der Waals surface area (Å²) in [6.07, 6.45) is -3.34. The van der Waals surface area contributed by atoms with Gasteiger partial charge in [-0.3, -0.25) is 9.59 Å². The maximum Gasteiger partial charge on any atom is 0.320 e. The van der Waals surface area contributed by atoms with E-state index in [4.69, 9.17) is 25.4 Å². The minimum absolute atomic E-state index is 0.0231. The number of aromatic hydroxyl groups is 8. The first-order valence-electron chi connectivity index (χ1n) is 15.5. The molecule has 52 heavy (non-hydrogen) atoms. The van der Waals surface area contributed by atoms with E-state index in [1.165, 1.54) is 60.7 Å². The van der Waals surface area contributed by atoms with Gasteiger partial charge >= 0.3 is 11.9 Å². The van der Waals surface area contributed by atoms with E-state index >= 15 is 0 Å². The van der Waals surface area contributed by atoms with Crippen molar-refractivity contribution in [1.29, 1.82) is 0 Å². The predicted molar refractivity (Wildman–Crippen MR) is 178 cm³/mol. The Kier molecular flexibility index (Phi) is 12.0. The summed E-state index contributed by atoms with van der Waals surface area (Å²) in [6.45, 7) is 0. The lowest BCUT2D eigenvalue weighted by atomic mass is 9.94. The van der Waals surface area contributed by atoms with Crippen molar-refractivity contribution >= 4 is 11.9 Å². The molecular formula is C35H37NO16. The van der Waals surface area contributed by atoms with Gasteiger partial charge in [0.1, 0.15) is 52.7 Å². The third-order valence-electron chi connectivity index (χ3n) is 8.02. The average Bonchev–Trinajstić information content (AvgIpc) is 3.07. The smallest absolute Gasteiger partial charge is 0.320 e. The highest BCUT2D eigenvalue weighted by Crippen LogP contribution is 2.44. The number of aliphatic hydroxyl groups is 2. The van der Waals surface area contributed by atoms with Gasteiger partial charge in [0, 0.05) is 54.7 Å². The van der Waals surface area contributed by atoms with Gasteiger partial charge in [0.05, 0.1) is 12.2 Å². The first-order valence-corrected chi connectivity index (χ1v) is 15.5.